The van der Waals surface area contributed by atoms with Crippen molar-refractivity contribution in [3.05, 3.63) is 59.4 Å². The second kappa shape index (κ2) is 5.95. The molecule has 1 aromatic heterocycles. The quantitative estimate of drug-likeness (QED) is 0.865. The standard InChI is InChI=1S/C16H18F2N2O/c1-19-6-2-3-15(19)16-11-21-8-7-20(16)10-12-4-5-13(17)9-14(12)18/h2-6,9,16H,7-8,10-11H2,1H3/t16-/m0/s1. The number of hydrogen-bond donors (Lipinski definition) is 0. The van der Waals surface area contributed by atoms with Gasteiger partial charge in [0.05, 0.1) is 19.3 Å². The Kier molecular flexibility index (Phi) is 4.03. The van der Waals surface area contributed by atoms with Gasteiger partial charge >= 0.3 is 0 Å². The van der Waals surface area contributed by atoms with Crippen LogP contribution in [0.5, 0.6) is 0 Å². The fraction of sp³-hybridized carbons (Fsp3) is 0.375. The first-order valence-corrected chi connectivity index (χ1v) is 7.02. The molecule has 0 amide bonds. The molecule has 1 aliphatic rings. The minimum atomic E-state index is -0.544. The molecular formula is C16H18F2N2O. The van der Waals surface area contributed by atoms with Gasteiger partial charge < -0.3 is 9.30 Å². The third-order valence-electron chi connectivity index (χ3n) is 3.95. The molecule has 112 valence electrons. The molecule has 1 fully saturated rings. The summed E-state index contributed by atoms with van der Waals surface area (Å²) in [5.41, 5.74) is 1.65. The monoisotopic (exact) mass is 292 g/mol. The van der Waals surface area contributed by atoms with Gasteiger partial charge in [-0.2, -0.15) is 0 Å². The van der Waals surface area contributed by atoms with E-state index in [1.807, 2.05) is 29.9 Å². The lowest BCUT2D eigenvalue weighted by Gasteiger charge is -2.36. The topological polar surface area (TPSA) is 17.4 Å². The largest absolute Gasteiger partial charge is 0.378 e. The zero-order valence-electron chi connectivity index (χ0n) is 11.9. The van der Waals surface area contributed by atoms with E-state index in [-0.39, 0.29) is 6.04 Å². The van der Waals surface area contributed by atoms with Crippen LogP contribution in [0.15, 0.2) is 36.5 Å². The summed E-state index contributed by atoms with van der Waals surface area (Å²) < 4.78 is 34.5. The van der Waals surface area contributed by atoms with E-state index < -0.39 is 11.6 Å². The van der Waals surface area contributed by atoms with Crippen molar-refractivity contribution in [1.29, 1.82) is 0 Å². The van der Waals surface area contributed by atoms with Crippen LogP contribution >= 0.6 is 0 Å². The maximum absolute atomic E-state index is 13.9. The molecule has 2 aromatic rings. The lowest BCUT2D eigenvalue weighted by molar-refractivity contribution is -0.0156. The first kappa shape index (κ1) is 14.2. The van der Waals surface area contributed by atoms with Crippen LogP contribution in [0.25, 0.3) is 0 Å². The third kappa shape index (κ3) is 2.99. The van der Waals surface area contributed by atoms with Gasteiger partial charge in [-0.05, 0) is 18.2 Å². The van der Waals surface area contributed by atoms with Gasteiger partial charge in [0.15, 0.2) is 0 Å². The zero-order chi connectivity index (χ0) is 14.8. The number of benzene rings is 1. The number of hydrogen-bond acceptors (Lipinski definition) is 2. The molecule has 0 aliphatic carbocycles. The maximum atomic E-state index is 13.9. The van der Waals surface area contributed by atoms with Crippen LogP contribution in [0.1, 0.15) is 17.3 Å². The summed E-state index contributed by atoms with van der Waals surface area (Å²) in [6.07, 6.45) is 1.99. The van der Waals surface area contributed by atoms with Gasteiger partial charge in [0, 0.05) is 43.7 Å². The Labute approximate surface area is 122 Å². The van der Waals surface area contributed by atoms with Crippen LogP contribution < -0.4 is 0 Å². The molecule has 1 aliphatic heterocycles. The molecule has 1 atom stereocenters. The van der Waals surface area contributed by atoms with Crippen LogP contribution in [0.4, 0.5) is 8.78 Å². The van der Waals surface area contributed by atoms with Gasteiger partial charge in [-0.25, -0.2) is 8.78 Å². The summed E-state index contributed by atoms with van der Waals surface area (Å²) in [5.74, 6) is -1.04. The summed E-state index contributed by atoms with van der Waals surface area (Å²) in [6.45, 7) is 2.39. The van der Waals surface area contributed by atoms with E-state index in [1.54, 1.807) is 0 Å². The number of rotatable bonds is 3. The molecule has 0 saturated carbocycles. The van der Waals surface area contributed by atoms with Crippen LogP contribution in [0.3, 0.4) is 0 Å². The average molecular weight is 292 g/mol. The number of nitrogens with zero attached hydrogens (tertiary/aromatic N) is 2. The van der Waals surface area contributed by atoms with Gasteiger partial charge in [0.2, 0.25) is 0 Å². The Bertz CT molecular complexity index is 626. The van der Waals surface area contributed by atoms with E-state index in [9.17, 15) is 8.78 Å². The molecule has 0 unspecified atom stereocenters. The average Bonchev–Trinajstić information content (AvgIpc) is 2.89. The van der Waals surface area contributed by atoms with Crippen LogP contribution in [-0.2, 0) is 18.3 Å². The van der Waals surface area contributed by atoms with Crippen molar-refractivity contribution in [2.45, 2.75) is 12.6 Å². The predicted octanol–water partition coefficient (Wildman–Crippen LogP) is 2.88. The molecule has 3 nitrogen and oxygen atoms in total. The molecule has 1 aromatic carbocycles. The van der Waals surface area contributed by atoms with Gasteiger partial charge in [0.1, 0.15) is 11.6 Å². The van der Waals surface area contributed by atoms with Crippen molar-refractivity contribution in [3.8, 4) is 0 Å². The Morgan fingerprint density at radius 3 is 2.86 bits per heavy atom. The van der Waals surface area contributed by atoms with E-state index in [1.165, 1.54) is 12.1 Å². The molecule has 0 bridgehead atoms. The van der Waals surface area contributed by atoms with E-state index in [4.69, 9.17) is 4.74 Å². The van der Waals surface area contributed by atoms with Gasteiger partial charge in [-0.15, -0.1) is 0 Å². The highest BCUT2D eigenvalue weighted by molar-refractivity contribution is 5.20. The minimum absolute atomic E-state index is 0.0863. The molecular weight excluding hydrogens is 274 g/mol. The van der Waals surface area contributed by atoms with Crippen LogP contribution in [0, 0.1) is 11.6 Å². The van der Waals surface area contributed by atoms with Crippen molar-refractivity contribution >= 4 is 0 Å². The third-order valence-corrected chi connectivity index (χ3v) is 3.95. The molecule has 0 N–H and O–H groups in total. The number of morpholine rings is 1. The predicted molar refractivity (Wildman–Crippen MR) is 75.7 cm³/mol. The molecule has 21 heavy (non-hydrogen) atoms. The molecule has 1 saturated heterocycles. The summed E-state index contributed by atoms with van der Waals surface area (Å²) in [6, 6.07) is 7.88. The first-order valence-electron chi connectivity index (χ1n) is 7.02. The highest BCUT2D eigenvalue weighted by atomic mass is 19.1. The van der Waals surface area contributed by atoms with E-state index >= 15 is 0 Å². The van der Waals surface area contributed by atoms with E-state index in [2.05, 4.69) is 4.90 Å². The summed E-state index contributed by atoms with van der Waals surface area (Å²) in [7, 11) is 1.99. The molecule has 5 heteroatoms. The van der Waals surface area contributed by atoms with Gasteiger partial charge in [-0.1, -0.05) is 6.07 Å². The Balaban J connectivity index is 1.83. The van der Waals surface area contributed by atoms with Crippen molar-refractivity contribution in [3.63, 3.8) is 0 Å². The second-order valence-corrected chi connectivity index (χ2v) is 5.34. The fourth-order valence-corrected chi connectivity index (χ4v) is 2.79. The number of aromatic nitrogens is 1. The highest BCUT2D eigenvalue weighted by Crippen LogP contribution is 2.26. The van der Waals surface area contributed by atoms with Crippen molar-refractivity contribution < 1.29 is 13.5 Å². The van der Waals surface area contributed by atoms with Crippen LogP contribution in [0.2, 0.25) is 0 Å². The van der Waals surface area contributed by atoms with Gasteiger partial charge in [-0.3, -0.25) is 4.90 Å². The number of ether oxygens (including phenoxy) is 1. The van der Waals surface area contributed by atoms with Crippen LogP contribution in [-0.4, -0.2) is 29.2 Å². The molecule has 3 rings (SSSR count). The second-order valence-electron chi connectivity index (χ2n) is 5.34. The Hall–Kier alpha value is -1.72. The van der Waals surface area contributed by atoms with Gasteiger partial charge in [0.25, 0.3) is 0 Å². The van der Waals surface area contributed by atoms with Crippen molar-refractivity contribution in [1.82, 2.24) is 9.47 Å². The lowest BCUT2D eigenvalue weighted by Crippen LogP contribution is -2.39. The first-order chi connectivity index (χ1) is 10.1. The molecule has 0 spiro atoms. The SMILES string of the molecule is Cn1cccc1[C@@H]1COCCN1Cc1ccc(F)cc1F. The van der Waals surface area contributed by atoms with E-state index in [0.29, 0.717) is 25.3 Å². The Morgan fingerprint density at radius 2 is 2.14 bits per heavy atom. The summed E-state index contributed by atoms with van der Waals surface area (Å²) >= 11 is 0. The Morgan fingerprint density at radius 1 is 1.29 bits per heavy atom. The van der Waals surface area contributed by atoms with E-state index in [0.717, 1.165) is 18.3 Å². The fourth-order valence-electron chi connectivity index (χ4n) is 2.79. The summed E-state index contributed by atoms with van der Waals surface area (Å²) in [4.78, 5) is 2.18. The van der Waals surface area contributed by atoms with Crippen molar-refractivity contribution in [2.75, 3.05) is 19.8 Å². The smallest absolute Gasteiger partial charge is 0.130 e. The zero-order valence-corrected chi connectivity index (χ0v) is 11.9. The van der Waals surface area contributed by atoms with Crippen molar-refractivity contribution in [2.24, 2.45) is 7.05 Å². The number of aryl methyl sites for hydroxylation is 1. The highest BCUT2D eigenvalue weighted by Gasteiger charge is 2.26. The lowest BCUT2D eigenvalue weighted by atomic mass is 10.1. The number of halogens is 2. The minimum Gasteiger partial charge on any atom is -0.378 e. The summed E-state index contributed by atoms with van der Waals surface area (Å²) in [5, 5.41) is 0. The molecule has 2 heterocycles. The molecule has 0 radical (unpaired) electrons. The normalized spacial score (nSPS) is 19.9. The maximum Gasteiger partial charge on any atom is 0.130 e.